The molecule has 0 saturated heterocycles. The highest BCUT2D eigenvalue weighted by atomic mass is 16.5. The van der Waals surface area contributed by atoms with Crippen LogP contribution in [0.25, 0.3) is 0 Å². The van der Waals surface area contributed by atoms with E-state index in [-0.39, 0.29) is 12.2 Å². The Balaban J connectivity index is 2.00. The first-order valence-corrected chi connectivity index (χ1v) is 6.27. The van der Waals surface area contributed by atoms with Gasteiger partial charge in [0.05, 0.1) is 11.8 Å². The summed E-state index contributed by atoms with van der Waals surface area (Å²) in [6.07, 6.45) is 4.74. The number of rotatable bonds is 7. The smallest absolute Gasteiger partial charge is 0.337 e. The van der Waals surface area contributed by atoms with Crippen molar-refractivity contribution >= 4 is 5.97 Å². The van der Waals surface area contributed by atoms with Crippen molar-refractivity contribution in [1.82, 2.24) is 25.2 Å². The van der Waals surface area contributed by atoms with E-state index in [9.17, 15) is 4.79 Å². The minimum atomic E-state index is -1.05. The van der Waals surface area contributed by atoms with Crippen molar-refractivity contribution < 1.29 is 14.6 Å². The molecule has 8 nitrogen and oxygen atoms in total. The predicted molar refractivity (Wildman–Crippen MR) is 68.3 cm³/mol. The zero-order valence-electron chi connectivity index (χ0n) is 11.1. The van der Waals surface area contributed by atoms with Crippen LogP contribution >= 0.6 is 0 Å². The summed E-state index contributed by atoms with van der Waals surface area (Å²) in [6, 6.07) is 1.41. The number of carboxylic acids is 1. The van der Waals surface area contributed by atoms with Crippen LogP contribution < -0.4 is 4.74 Å². The Kier molecular flexibility index (Phi) is 4.59. The standard InChI is InChI=1S/C12H15N5O3/c1-2-3-4-17-11(14-15-16-17)8-20-10-5-9(12(18)19)6-13-7-10/h5-7H,2-4,8H2,1H3,(H,18,19). The van der Waals surface area contributed by atoms with E-state index in [0.29, 0.717) is 11.6 Å². The molecule has 0 aliphatic rings. The molecule has 0 atom stereocenters. The molecular formula is C12H15N5O3. The number of unbranched alkanes of at least 4 members (excludes halogenated alkanes) is 1. The maximum absolute atomic E-state index is 10.8. The Hall–Kier alpha value is -2.51. The lowest BCUT2D eigenvalue weighted by Crippen LogP contribution is -2.09. The van der Waals surface area contributed by atoms with Crippen molar-refractivity contribution in [2.24, 2.45) is 0 Å². The highest BCUT2D eigenvalue weighted by Gasteiger charge is 2.08. The molecule has 106 valence electrons. The van der Waals surface area contributed by atoms with Crippen molar-refractivity contribution in [3.63, 3.8) is 0 Å². The van der Waals surface area contributed by atoms with Gasteiger partial charge in [-0.1, -0.05) is 13.3 Å². The third kappa shape index (κ3) is 3.50. The van der Waals surface area contributed by atoms with Gasteiger partial charge >= 0.3 is 5.97 Å². The number of carbonyl (C=O) groups is 1. The van der Waals surface area contributed by atoms with Gasteiger partial charge in [0.15, 0.2) is 5.82 Å². The summed E-state index contributed by atoms with van der Waals surface area (Å²) in [5.41, 5.74) is 0.0769. The molecule has 0 fully saturated rings. The molecule has 0 aliphatic carbocycles. The third-order valence-corrected chi connectivity index (χ3v) is 2.66. The molecule has 0 spiro atoms. The normalized spacial score (nSPS) is 10.4. The largest absolute Gasteiger partial charge is 0.484 e. The lowest BCUT2D eigenvalue weighted by Gasteiger charge is -2.06. The topological polar surface area (TPSA) is 103 Å². The number of aryl methyl sites for hydroxylation is 1. The van der Waals surface area contributed by atoms with Gasteiger partial charge in [0.1, 0.15) is 12.4 Å². The number of carboxylic acid groups (broad SMARTS) is 1. The van der Waals surface area contributed by atoms with Crippen LogP contribution in [0.2, 0.25) is 0 Å². The van der Waals surface area contributed by atoms with Gasteiger partial charge in [-0.2, -0.15) is 0 Å². The Labute approximate surface area is 115 Å². The number of hydrogen-bond acceptors (Lipinski definition) is 6. The van der Waals surface area contributed by atoms with E-state index in [4.69, 9.17) is 9.84 Å². The van der Waals surface area contributed by atoms with Gasteiger partial charge in [0, 0.05) is 12.7 Å². The monoisotopic (exact) mass is 277 g/mol. The summed E-state index contributed by atoms with van der Waals surface area (Å²) in [5, 5.41) is 20.2. The van der Waals surface area contributed by atoms with Crippen LogP contribution in [0.5, 0.6) is 5.75 Å². The van der Waals surface area contributed by atoms with Crippen LogP contribution in [-0.2, 0) is 13.2 Å². The number of hydrogen-bond donors (Lipinski definition) is 1. The van der Waals surface area contributed by atoms with E-state index in [2.05, 4.69) is 27.4 Å². The highest BCUT2D eigenvalue weighted by Crippen LogP contribution is 2.12. The Morgan fingerprint density at radius 3 is 3.05 bits per heavy atom. The van der Waals surface area contributed by atoms with Gasteiger partial charge in [0.25, 0.3) is 0 Å². The van der Waals surface area contributed by atoms with Gasteiger partial charge < -0.3 is 9.84 Å². The average Bonchev–Trinajstić information content (AvgIpc) is 2.90. The summed E-state index contributed by atoms with van der Waals surface area (Å²) in [4.78, 5) is 14.6. The first kappa shape index (κ1) is 13.9. The molecule has 1 N–H and O–H groups in total. The number of nitrogens with zero attached hydrogens (tertiary/aromatic N) is 5. The van der Waals surface area contributed by atoms with E-state index in [1.54, 1.807) is 4.68 Å². The molecule has 20 heavy (non-hydrogen) atoms. The van der Waals surface area contributed by atoms with E-state index >= 15 is 0 Å². The zero-order chi connectivity index (χ0) is 14.4. The fraction of sp³-hybridized carbons (Fsp3) is 0.417. The second-order valence-electron chi connectivity index (χ2n) is 4.17. The van der Waals surface area contributed by atoms with Crippen LogP contribution in [0.1, 0.15) is 35.9 Å². The molecule has 2 aromatic rings. The molecule has 2 aromatic heterocycles. The maximum Gasteiger partial charge on any atom is 0.337 e. The molecule has 2 heterocycles. The van der Waals surface area contributed by atoms with E-state index in [1.807, 2.05) is 0 Å². The molecule has 0 aromatic carbocycles. The minimum Gasteiger partial charge on any atom is -0.484 e. The summed E-state index contributed by atoms with van der Waals surface area (Å²) in [6.45, 7) is 2.99. The number of aromatic nitrogens is 5. The average molecular weight is 277 g/mol. The summed E-state index contributed by atoms with van der Waals surface area (Å²) < 4.78 is 7.15. The number of aromatic carboxylic acids is 1. The van der Waals surface area contributed by atoms with Gasteiger partial charge in [-0.15, -0.1) is 5.10 Å². The maximum atomic E-state index is 10.8. The van der Waals surface area contributed by atoms with Crippen molar-refractivity contribution in [3.05, 3.63) is 29.8 Å². The summed E-state index contributed by atoms with van der Waals surface area (Å²) >= 11 is 0. The van der Waals surface area contributed by atoms with Crippen molar-refractivity contribution in [3.8, 4) is 5.75 Å². The van der Waals surface area contributed by atoms with Crippen molar-refractivity contribution in [2.45, 2.75) is 32.9 Å². The Morgan fingerprint density at radius 1 is 1.45 bits per heavy atom. The van der Waals surface area contributed by atoms with Crippen LogP contribution in [-0.4, -0.2) is 36.3 Å². The molecule has 0 saturated carbocycles. The third-order valence-electron chi connectivity index (χ3n) is 2.66. The Morgan fingerprint density at radius 2 is 2.30 bits per heavy atom. The van der Waals surface area contributed by atoms with E-state index in [0.717, 1.165) is 19.4 Å². The van der Waals surface area contributed by atoms with Crippen molar-refractivity contribution in [1.29, 1.82) is 0 Å². The molecule has 2 rings (SSSR count). The summed E-state index contributed by atoms with van der Waals surface area (Å²) in [7, 11) is 0. The quantitative estimate of drug-likeness (QED) is 0.809. The van der Waals surface area contributed by atoms with Crippen LogP contribution in [0.4, 0.5) is 0 Å². The van der Waals surface area contributed by atoms with Crippen molar-refractivity contribution in [2.75, 3.05) is 0 Å². The van der Waals surface area contributed by atoms with Gasteiger partial charge in [-0.3, -0.25) is 4.98 Å². The lowest BCUT2D eigenvalue weighted by molar-refractivity contribution is 0.0696. The lowest BCUT2D eigenvalue weighted by atomic mass is 10.3. The first-order valence-electron chi connectivity index (χ1n) is 6.27. The second kappa shape index (κ2) is 6.60. The molecule has 0 radical (unpaired) electrons. The molecular weight excluding hydrogens is 262 g/mol. The fourth-order valence-electron chi connectivity index (χ4n) is 1.57. The number of pyridine rings is 1. The first-order chi connectivity index (χ1) is 9.70. The SMILES string of the molecule is CCCCn1nnnc1COc1cncc(C(=O)O)c1. The molecule has 0 unspecified atom stereocenters. The second-order valence-corrected chi connectivity index (χ2v) is 4.17. The number of ether oxygens (including phenoxy) is 1. The Bertz CT molecular complexity index is 584. The summed E-state index contributed by atoms with van der Waals surface area (Å²) in [5.74, 6) is -0.0788. The van der Waals surface area contributed by atoms with Crippen LogP contribution in [0.3, 0.4) is 0 Å². The fourth-order valence-corrected chi connectivity index (χ4v) is 1.57. The minimum absolute atomic E-state index is 0.0769. The molecule has 0 aliphatic heterocycles. The van der Waals surface area contributed by atoms with E-state index in [1.165, 1.54) is 18.5 Å². The van der Waals surface area contributed by atoms with Crippen LogP contribution in [0.15, 0.2) is 18.5 Å². The zero-order valence-corrected chi connectivity index (χ0v) is 11.1. The number of tetrazole rings is 1. The highest BCUT2D eigenvalue weighted by molar-refractivity contribution is 5.87. The predicted octanol–water partition coefficient (Wildman–Crippen LogP) is 1.15. The van der Waals surface area contributed by atoms with Gasteiger partial charge in [0.2, 0.25) is 0 Å². The van der Waals surface area contributed by atoms with Gasteiger partial charge in [-0.25, -0.2) is 9.48 Å². The molecule has 0 amide bonds. The molecule has 8 heteroatoms. The van der Waals surface area contributed by atoms with Gasteiger partial charge in [-0.05, 0) is 22.9 Å². The van der Waals surface area contributed by atoms with Crippen LogP contribution in [0, 0.1) is 0 Å². The molecule has 0 bridgehead atoms. The van der Waals surface area contributed by atoms with E-state index < -0.39 is 5.97 Å².